The summed E-state index contributed by atoms with van der Waals surface area (Å²) in [5.74, 6) is 0.00608. The van der Waals surface area contributed by atoms with Crippen LogP contribution >= 0.6 is 0 Å². The maximum Gasteiger partial charge on any atom is 0.340 e. The van der Waals surface area contributed by atoms with E-state index in [0.29, 0.717) is 12.2 Å². The molecule has 3 nitrogen and oxygen atoms in total. The van der Waals surface area contributed by atoms with Gasteiger partial charge in [-0.25, -0.2) is 4.79 Å². The summed E-state index contributed by atoms with van der Waals surface area (Å²) in [6.45, 7) is 12.8. The minimum Gasteiger partial charge on any atom is -0.462 e. The first-order chi connectivity index (χ1) is 16.4. The van der Waals surface area contributed by atoms with Gasteiger partial charge in [-0.05, 0) is 41.9 Å². The van der Waals surface area contributed by atoms with Crippen LogP contribution in [0.15, 0.2) is 60.7 Å². The molecule has 0 bridgehead atoms. The van der Waals surface area contributed by atoms with Crippen molar-refractivity contribution in [2.75, 3.05) is 6.61 Å². The molecule has 0 saturated heterocycles. The Balaban J connectivity index is 2.33. The smallest absolute Gasteiger partial charge is 0.340 e. The van der Waals surface area contributed by atoms with Crippen molar-refractivity contribution >= 4 is 12.0 Å². The number of rotatable bonds is 9. The minimum atomic E-state index is -0.304. The molecule has 0 unspecified atom stereocenters. The number of carbonyl (C=O) groups excluding carboxylic acids is 1. The van der Waals surface area contributed by atoms with E-state index in [-0.39, 0.29) is 17.8 Å². The molecule has 0 amide bonds. The van der Waals surface area contributed by atoms with Crippen LogP contribution in [-0.2, 0) is 4.74 Å². The quantitative estimate of drug-likeness (QED) is 0.303. The molecule has 3 rings (SSSR count). The third kappa shape index (κ3) is 5.64. The first kappa shape index (κ1) is 25.4. The Labute approximate surface area is 204 Å². The van der Waals surface area contributed by atoms with Gasteiger partial charge < -0.3 is 4.74 Å². The van der Waals surface area contributed by atoms with Crippen LogP contribution < -0.4 is 0 Å². The second-order valence-electron chi connectivity index (χ2n) is 9.21. The molecule has 0 atom stereocenters. The number of unbranched alkanes of at least 4 members (excludes halogenated alkanes) is 1. The monoisotopic (exact) mass is 455 g/mol. The predicted molar refractivity (Wildman–Crippen MR) is 143 cm³/mol. The summed E-state index contributed by atoms with van der Waals surface area (Å²) in [5, 5.41) is 0. The molecule has 0 saturated carbocycles. The highest BCUT2D eigenvalue weighted by atomic mass is 16.5. The van der Waals surface area contributed by atoms with Gasteiger partial charge in [0.15, 0.2) is 0 Å². The summed E-state index contributed by atoms with van der Waals surface area (Å²) in [7, 11) is 0. The van der Waals surface area contributed by atoms with Crippen molar-refractivity contribution in [1.82, 2.24) is 4.98 Å². The molecule has 3 aromatic rings. The van der Waals surface area contributed by atoms with Gasteiger partial charge in [0.25, 0.3) is 0 Å². The summed E-state index contributed by atoms with van der Waals surface area (Å²) < 4.78 is 5.55. The zero-order valence-electron chi connectivity index (χ0n) is 21.4. The van der Waals surface area contributed by atoms with E-state index >= 15 is 0 Å². The molecule has 3 heteroatoms. The Hall–Kier alpha value is -3.20. The van der Waals surface area contributed by atoms with Crippen molar-refractivity contribution in [3.05, 3.63) is 83.2 Å². The molecule has 34 heavy (non-hydrogen) atoms. The van der Waals surface area contributed by atoms with Gasteiger partial charge in [0.2, 0.25) is 0 Å². The van der Waals surface area contributed by atoms with Crippen molar-refractivity contribution in [2.24, 2.45) is 0 Å². The van der Waals surface area contributed by atoms with Gasteiger partial charge >= 0.3 is 5.97 Å². The number of aromatic nitrogens is 1. The van der Waals surface area contributed by atoms with E-state index in [0.717, 1.165) is 46.5 Å². The van der Waals surface area contributed by atoms with E-state index in [1.807, 2.05) is 25.1 Å². The molecule has 1 heterocycles. The van der Waals surface area contributed by atoms with Crippen LogP contribution in [0.4, 0.5) is 0 Å². The van der Waals surface area contributed by atoms with E-state index in [1.54, 1.807) is 0 Å². The number of esters is 1. The maximum absolute atomic E-state index is 13.3. The lowest BCUT2D eigenvalue weighted by Crippen LogP contribution is -2.16. The van der Waals surface area contributed by atoms with Crippen molar-refractivity contribution < 1.29 is 9.53 Å². The summed E-state index contributed by atoms with van der Waals surface area (Å²) in [4.78, 5) is 18.4. The highest BCUT2D eigenvalue weighted by Gasteiger charge is 2.27. The van der Waals surface area contributed by atoms with Crippen molar-refractivity contribution in [1.29, 1.82) is 0 Å². The van der Waals surface area contributed by atoms with Gasteiger partial charge in [-0.2, -0.15) is 0 Å². The minimum absolute atomic E-state index is 0.0907. The van der Waals surface area contributed by atoms with Crippen LogP contribution in [0.2, 0.25) is 0 Å². The number of nitrogens with zero attached hydrogens (tertiary/aromatic N) is 1. The van der Waals surface area contributed by atoms with E-state index in [9.17, 15) is 4.79 Å². The fraction of sp³-hybridized carbons (Fsp3) is 0.355. The molecule has 2 aromatic carbocycles. The van der Waals surface area contributed by atoms with Crippen molar-refractivity contribution in [3.8, 4) is 22.3 Å². The van der Waals surface area contributed by atoms with Gasteiger partial charge in [0, 0.05) is 11.1 Å². The van der Waals surface area contributed by atoms with E-state index in [2.05, 4.69) is 83.2 Å². The van der Waals surface area contributed by atoms with E-state index in [1.165, 1.54) is 5.56 Å². The summed E-state index contributed by atoms with van der Waals surface area (Å²) in [6, 6.07) is 18.8. The first-order valence-corrected chi connectivity index (χ1v) is 12.5. The molecule has 0 aliphatic heterocycles. The third-order valence-electron chi connectivity index (χ3n) is 5.89. The maximum atomic E-state index is 13.3. The van der Waals surface area contributed by atoms with Crippen molar-refractivity contribution in [2.45, 2.75) is 66.2 Å². The predicted octanol–water partition coefficient (Wildman–Crippen LogP) is 8.65. The van der Waals surface area contributed by atoms with E-state index < -0.39 is 0 Å². The van der Waals surface area contributed by atoms with Crippen LogP contribution in [0.25, 0.3) is 28.3 Å². The zero-order valence-corrected chi connectivity index (χ0v) is 21.4. The van der Waals surface area contributed by atoms with Crippen LogP contribution in [0.3, 0.4) is 0 Å². The van der Waals surface area contributed by atoms with Gasteiger partial charge in [0.1, 0.15) is 0 Å². The average molecular weight is 456 g/mol. The number of benzene rings is 2. The highest BCUT2D eigenvalue weighted by Crippen LogP contribution is 2.38. The number of ether oxygens (including phenoxy) is 1. The van der Waals surface area contributed by atoms with Crippen LogP contribution in [-0.4, -0.2) is 17.6 Å². The van der Waals surface area contributed by atoms with Crippen LogP contribution in [0.1, 0.15) is 93.5 Å². The molecular weight excluding hydrogens is 418 g/mol. The van der Waals surface area contributed by atoms with Crippen molar-refractivity contribution in [3.63, 3.8) is 0 Å². The molecule has 0 aliphatic carbocycles. The molecule has 0 fully saturated rings. The van der Waals surface area contributed by atoms with E-state index in [4.69, 9.17) is 9.72 Å². The Kier molecular flexibility index (Phi) is 8.81. The molecule has 0 aliphatic rings. The first-order valence-electron chi connectivity index (χ1n) is 12.5. The Bertz CT molecular complexity index is 1130. The van der Waals surface area contributed by atoms with Gasteiger partial charge in [-0.15, -0.1) is 0 Å². The normalized spacial score (nSPS) is 11.5. The Morgan fingerprint density at radius 1 is 0.853 bits per heavy atom. The largest absolute Gasteiger partial charge is 0.462 e. The van der Waals surface area contributed by atoms with Crippen LogP contribution in [0.5, 0.6) is 0 Å². The lowest BCUT2D eigenvalue weighted by molar-refractivity contribution is 0.0525. The average Bonchev–Trinajstić information content (AvgIpc) is 2.84. The molecule has 178 valence electrons. The SMILES string of the molecule is CCCC=Cc1c(C(C)C)nc(C(C)C)c(C(=O)OCC)c1-c1ccc(-c2ccccc2)cc1. The van der Waals surface area contributed by atoms with Gasteiger partial charge in [0.05, 0.1) is 23.6 Å². The number of allylic oxidation sites excluding steroid dienone is 1. The number of carbonyl (C=O) groups is 1. The second kappa shape index (κ2) is 11.8. The third-order valence-corrected chi connectivity index (χ3v) is 5.89. The Morgan fingerprint density at radius 3 is 2.00 bits per heavy atom. The highest BCUT2D eigenvalue weighted by molar-refractivity contribution is 6.01. The zero-order chi connectivity index (χ0) is 24.7. The number of pyridine rings is 1. The molecule has 0 spiro atoms. The summed E-state index contributed by atoms with van der Waals surface area (Å²) >= 11 is 0. The number of hydrogen-bond acceptors (Lipinski definition) is 3. The lowest BCUT2D eigenvalue weighted by Gasteiger charge is -2.23. The molecule has 1 aromatic heterocycles. The fourth-order valence-corrected chi connectivity index (χ4v) is 4.20. The fourth-order valence-electron chi connectivity index (χ4n) is 4.20. The lowest BCUT2D eigenvalue weighted by atomic mass is 9.86. The van der Waals surface area contributed by atoms with Gasteiger partial charge in [-0.3, -0.25) is 4.98 Å². The second-order valence-corrected chi connectivity index (χ2v) is 9.21. The number of hydrogen-bond donors (Lipinski definition) is 0. The molecular formula is C31H37NO2. The Morgan fingerprint density at radius 2 is 1.44 bits per heavy atom. The molecule has 0 radical (unpaired) electrons. The topological polar surface area (TPSA) is 39.2 Å². The standard InChI is InChI=1S/C31H37NO2/c1-7-9-11-16-26-27(25-19-17-24(18-20-25)23-14-12-10-13-15-23)28(31(33)34-8-2)30(22(5)6)32-29(26)21(3)4/h10-22H,7-9H2,1-6H3. The van der Waals surface area contributed by atoms with Crippen LogP contribution in [0, 0.1) is 0 Å². The summed E-state index contributed by atoms with van der Waals surface area (Å²) in [6.07, 6.45) is 6.38. The molecule has 0 N–H and O–H groups in total. The van der Waals surface area contributed by atoms with Gasteiger partial charge in [-0.1, -0.05) is 108 Å². The summed E-state index contributed by atoms with van der Waals surface area (Å²) in [5.41, 5.74) is 7.67.